The average Bonchev–Trinajstić information content (AvgIpc) is 2.76. The van der Waals surface area contributed by atoms with Crippen molar-refractivity contribution in [3.8, 4) is 22.5 Å². The van der Waals surface area contributed by atoms with Gasteiger partial charge >= 0.3 is 12.1 Å². The van der Waals surface area contributed by atoms with E-state index in [1.165, 1.54) is 24.3 Å². The number of carboxylic acids is 1. The molecule has 180 valence electrons. The van der Waals surface area contributed by atoms with Gasteiger partial charge in [-0.25, -0.2) is 13.4 Å². The zero-order valence-corrected chi connectivity index (χ0v) is 19.6. The van der Waals surface area contributed by atoms with Crippen molar-refractivity contribution in [3.63, 3.8) is 0 Å². The third-order valence-electron chi connectivity index (χ3n) is 5.34. The second-order valence-electron chi connectivity index (χ2n) is 8.56. The number of aliphatic carboxylic acids is 1. The van der Waals surface area contributed by atoms with Crippen molar-refractivity contribution < 1.29 is 31.5 Å². The Balaban J connectivity index is 2.16. The van der Waals surface area contributed by atoms with Crippen LogP contribution in [0.2, 0.25) is 0 Å². The molecule has 1 N–H and O–H groups in total. The largest absolute Gasteiger partial charge is 0.481 e. The fourth-order valence-corrected chi connectivity index (χ4v) is 4.23. The van der Waals surface area contributed by atoms with E-state index in [0.717, 1.165) is 18.4 Å². The molecule has 3 rings (SSSR count). The van der Waals surface area contributed by atoms with Crippen molar-refractivity contribution in [1.29, 1.82) is 0 Å². The number of halogens is 3. The fraction of sp³-hybridized carbons (Fsp3) is 0.280. The molecule has 9 heteroatoms. The molecule has 0 radical (unpaired) electrons. The first-order valence-corrected chi connectivity index (χ1v) is 12.4. The SMILES string of the molecule is CC(C)CC(C(=O)O)c1cc(-c2ccc(C(F)(F)F)cc2)nc(-c2ccc(S(C)(=O)=O)cc2)c1. The van der Waals surface area contributed by atoms with Crippen LogP contribution in [-0.4, -0.2) is 30.7 Å². The van der Waals surface area contributed by atoms with Crippen LogP contribution in [-0.2, 0) is 20.8 Å². The summed E-state index contributed by atoms with van der Waals surface area (Å²) in [4.78, 5) is 16.7. The summed E-state index contributed by atoms with van der Waals surface area (Å²) < 4.78 is 62.5. The zero-order chi connectivity index (χ0) is 25.3. The Bertz CT molecular complexity index is 1280. The van der Waals surface area contributed by atoms with Crippen LogP contribution in [0.15, 0.2) is 65.6 Å². The van der Waals surface area contributed by atoms with E-state index in [1.54, 1.807) is 24.3 Å². The maximum atomic E-state index is 13.0. The second-order valence-corrected chi connectivity index (χ2v) is 10.6. The molecule has 0 saturated heterocycles. The molecule has 1 aromatic heterocycles. The predicted octanol–water partition coefficient (Wildman–Crippen LogP) is 6.05. The van der Waals surface area contributed by atoms with Gasteiger partial charge in [0.1, 0.15) is 0 Å². The monoisotopic (exact) mass is 491 g/mol. The van der Waals surface area contributed by atoms with Crippen molar-refractivity contribution in [2.45, 2.75) is 37.3 Å². The van der Waals surface area contributed by atoms with E-state index >= 15 is 0 Å². The van der Waals surface area contributed by atoms with Gasteiger partial charge in [0.05, 0.1) is 27.8 Å². The summed E-state index contributed by atoms with van der Waals surface area (Å²) in [5, 5.41) is 9.84. The Morgan fingerprint density at radius 1 is 0.941 bits per heavy atom. The first-order chi connectivity index (χ1) is 15.8. The molecule has 0 saturated carbocycles. The number of aromatic nitrogens is 1. The maximum absolute atomic E-state index is 13.0. The molecule has 0 amide bonds. The summed E-state index contributed by atoms with van der Waals surface area (Å²) in [5.74, 6) is -1.77. The van der Waals surface area contributed by atoms with Gasteiger partial charge < -0.3 is 5.11 Å². The van der Waals surface area contributed by atoms with Crippen LogP contribution in [0.25, 0.3) is 22.5 Å². The maximum Gasteiger partial charge on any atom is 0.416 e. The predicted molar refractivity (Wildman–Crippen MR) is 123 cm³/mol. The molecule has 1 atom stereocenters. The van der Waals surface area contributed by atoms with Crippen LogP contribution in [0.1, 0.15) is 37.3 Å². The van der Waals surface area contributed by atoms with Crippen LogP contribution >= 0.6 is 0 Å². The smallest absolute Gasteiger partial charge is 0.416 e. The van der Waals surface area contributed by atoms with Crippen molar-refractivity contribution in [1.82, 2.24) is 4.98 Å². The summed E-state index contributed by atoms with van der Waals surface area (Å²) in [6.07, 6.45) is -3.03. The van der Waals surface area contributed by atoms with E-state index in [-0.39, 0.29) is 10.8 Å². The summed E-state index contributed by atoms with van der Waals surface area (Å²) in [5.41, 5.74) is 1.33. The third-order valence-corrected chi connectivity index (χ3v) is 6.47. The number of sulfone groups is 1. The first kappa shape index (κ1) is 25.4. The highest BCUT2D eigenvalue weighted by Crippen LogP contribution is 2.34. The number of alkyl halides is 3. The van der Waals surface area contributed by atoms with Gasteiger partial charge in [0.2, 0.25) is 0 Å². The second kappa shape index (κ2) is 9.58. The number of rotatable bonds is 7. The van der Waals surface area contributed by atoms with E-state index < -0.39 is 33.5 Å². The molecular weight excluding hydrogens is 467 g/mol. The van der Waals surface area contributed by atoms with Crippen LogP contribution in [0.3, 0.4) is 0 Å². The van der Waals surface area contributed by atoms with Crippen LogP contribution in [0, 0.1) is 5.92 Å². The molecule has 5 nitrogen and oxygen atoms in total. The van der Waals surface area contributed by atoms with Crippen LogP contribution in [0.5, 0.6) is 0 Å². The van der Waals surface area contributed by atoms with Crippen molar-refractivity contribution >= 4 is 15.8 Å². The zero-order valence-electron chi connectivity index (χ0n) is 18.8. The average molecular weight is 492 g/mol. The summed E-state index contributed by atoms with van der Waals surface area (Å²) >= 11 is 0. The standard InChI is InChI=1S/C25H24F3NO4S/c1-15(2)12-21(24(30)31)18-13-22(16-4-8-19(9-5-16)25(26,27)28)29-23(14-18)17-6-10-20(11-7-17)34(3,32)33/h4-11,13-15,21H,12H2,1-3H3,(H,30,31). The van der Waals surface area contributed by atoms with Gasteiger partial charge in [0.25, 0.3) is 0 Å². The molecule has 0 aliphatic rings. The van der Waals surface area contributed by atoms with Crippen LogP contribution < -0.4 is 0 Å². The Labute approximate surface area is 196 Å². The first-order valence-electron chi connectivity index (χ1n) is 10.5. The lowest BCUT2D eigenvalue weighted by molar-refractivity contribution is -0.139. The Morgan fingerprint density at radius 3 is 1.79 bits per heavy atom. The van der Waals surface area contributed by atoms with Crippen molar-refractivity contribution in [3.05, 3.63) is 71.8 Å². The van der Waals surface area contributed by atoms with E-state index in [1.807, 2.05) is 13.8 Å². The Morgan fingerprint density at radius 2 is 1.41 bits per heavy atom. The van der Waals surface area contributed by atoms with Gasteiger partial charge in [-0.3, -0.25) is 4.79 Å². The van der Waals surface area contributed by atoms with E-state index in [9.17, 15) is 31.5 Å². The molecular formula is C25H24F3NO4S. The fourth-order valence-electron chi connectivity index (χ4n) is 3.60. The van der Waals surface area contributed by atoms with Crippen molar-refractivity contribution in [2.24, 2.45) is 5.92 Å². The number of carbonyl (C=O) groups is 1. The summed E-state index contributed by atoms with van der Waals surface area (Å²) in [6.45, 7) is 3.80. The highest BCUT2D eigenvalue weighted by atomic mass is 32.2. The number of nitrogens with zero attached hydrogens (tertiary/aromatic N) is 1. The quantitative estimate of drug-likeness (QED) is 0.435. The minimum atomic E-state index is -4.48. The molecule has 0 aliphatic heterocycles. The van der Waals surface area contributed by atoms with E-state index in [0.29, 0.717) is 34.5 Å². The van der Waals surface area contributed by atoms with E-state index in [4.69, 9.17) is 0 Å². The molecule has 3 aromatic rings. The normalized spacial score (nSPS) is 13.1. The van der Waals surface area contributed by atoms with Gasteiger partial charge in [0, 0.05) is 17.4 Å². The molecule has 0 spiro atoms. The Hall–Kier alpha value is -3.20. The molecule has 0 bridgehead atoms. The molecule has 2 aromatic carbocycles. The minimum Gasteiger partial charge on any atom is -0.481 e. The van der Waals surface area contributed by atoms with Crippen molar-refractivity contribution in [2.75, 3.05) is 6.26 Å². The molecule has 1 heterocycles. The number of carboxylic acid groups (broad SMARTS) is 1. The molecule has 0 aliphatic carbocycles. The highest BCUT2D eigenvalue weighted by Gasteiger charge is 2.30. The molecule has 34 heavy (non-hydrogen) atoms. The number of pyridine rings is 1. The van der Waals surface area contributed by atoms with E-state index in [2.05, 4.69) is 4.98 Å². The topological polar surface area (TPSA) is 84.3 Å². The minimum absolute atomic E-state index is 0.0845. The molecule has 0 fully saturated rings. The Kier molecular flexibility index (Phi) is 7.16. The van der Waals surface area contributed by atoms with Crippen LogP contribution in [0.4, 0.5) is 13.2 Å². The third kappa shape index (κ3) is 6.02. The lowest BCUT2D eigenvalue weighted by Gasteiger charge is -2.18. The lowest BCUT2D eigenvalue weighted by atomic mass is 9.89. The van der Waals surface area contributed by atoms with Gasteiger partial charge in [-0.2, -0.15) is 13.2 Å². The summed E-state index contributed by atoms with van der Waals surface area (Å²) in [7, 11) is -3.41. The molecule has 1 unspecified atom stereocenters. The number of benzene rings is 2. The van der Waals surface area contributed by atoms with Gasteiger partial charge in [-0.05, 0) is 54.3 Å². The number of hydrogen-bond acceptors (Lipinski definition) is 4. The lowest BCUT2D eigenvalue weighted by Crippen LogP contribution is -2.14. The number of hydrogen-bond donors (Lipinski definition) is 1. The highest BCUT2D eigenvalue weighted by molar-refractivity contribution is 7.90. The van der Waals surface area contributed by atoms with Gasteiger partial charge in [-0.1, -0.05) is 38.1 Å². The summed E-state index contributed by atoms with van der Waals surface area (Å²) in [6, 6.07) is 13.7. The van der Waals surface area contributed by atoms with Gasteiger partial charge in [-0.15, -0.1) is 0 Å². The van der Waals surface area contributed by atoms with Gasteiger partial charge in [0.15, 0.2) is 9.84 Å².